The third-order valence-corrected chi connectivity index (χ3v) is 5.84. The van der Waals surface area contributed by atoms with Crippen molar-refractivity contribution in [3.05, 3.63) is 36.4 Å². The van der Waals surface area contributed by atoms with Crippen molar-refractivity contribution in [3.8, 4) is 0 Å². The van der Waals surface area contributed by atoms with E-state index in [1.54, 1.807) is 16.4 Å². The highest BCUT2D eigenvalue weighted by molar-refractivity contribution is 9.09. The molecule has 1 aliphatic heterocycles. The molecule has 0 N–H and O–H groups in total. The lowest BCUT2D eigenvalue weighted by Gasteiger charge is -2.18. The maximum Gasteiger partial charge on any atom is 0.265 e. The molecule has 5 heteroatoms. The van der Waals surface area contributed by atoms with E-state index in [0.29, 0.717) is 11.4 Å². The number of alkyl halides is 1. The van der Waals surface area contributed by atoms with Gasteiger partial charge in [0.15, 0.2) is 0 Å². The smallest absolute Gasteiger partial charge is 0.265 e. The zero-order valence-corrected chi connectivity index (χ0v) is 12.7. The number of nitrogens with zero attached hydrogens (tertiary/aromatic N) is 1. The lowest BCUT2D eigenvalue weighted by Crippen LogP contribution is -2.28. The molecule has 0 radical (unpaired) electrons. The van der Waals surface area contributed by atoms with Crippen molar-refractivity contribution >= 4 is 42.4 Å². The van der Waals surface area contributed by atoms with E-state index in [0.717, 1.165) is 34.6 Å². The summed E-state index contributed by atoms with van der Waals surface area (Å²) in [6, 6.07) is 11.2. The number of benzene rings is 2. The SMILES string of the molecule is O=S1(=O)c2cccc3cccc(c23)N1CCCCBr. The van der Waals surface area contributed by atoms with Crippen LogP contribution in [0.2, 0.25) is 0 Å². The zero-order valence-electron chi connectivity index (χ0n) is 10.3. The van der Waals surface area contributed by atoms with E-state index in [1.165, 1.54) is 0 Å². The van der Waals surface area contributed by atoms with Crippen LogP contribution < -0.4 is 4.31 Å². The third kappa shape index (κ3) is 1.96. The van der Waals surface area contributed by atoms with Crippen LogP contribution in [-0.4, -0.2) is 20.3 Å². The summed E-state index contributed by atoms with van der Waals surface area (Å²) in [5.41, 5.74) is 0.822. The average Bonchev–Trinajstić information content (AvgIpc) is 2.63. The average molecular weight is 340 g/mol. The third-order valence-electron chi connectivity index (χ3n) is 3.43. The molecule has 0 saturated heterocycles. The van der Waals surface area contributed by atoms with Crippen molar-refractivity contribution in [1.82, 2.24) is 0 Å². The van der Waals surface area contributed by atoms with Crippen molar-refractivity contribution in [1.29, 1.82) is 0 Å². The molecule has 1 aliphatic rings. The topological polar surface area (TPSA) is 37.4 Å². The highest BCUT2D eigenvalue weighted by Gasteiger charge is 2.34. The lowest BCUT2D eigenvalue weighted by atomic mass is 10.1. The Bertz CT molecular complexity index is 722. The van der Waals surface area contributed by atoms with Gasteiger partial charge in [-0.15, -0.1) is 0 Å². The molecule has 1 heterocycles. The molecule has 2 aromatic rings. The van der Waals surface area contributed by atoms with E-state index in [1.807, 2.05) is 24.3 Å². The van der Waals surface area contributed by atoms with Gasteiger partial charge in [-0.05, 0) is 30.4 Å². The van der Waals surface area contributed by atoms with Crippen LogP contribution in [0.5, 0.6) is 0 Å². The fourth-order valence-corrected chi connectivity index (χ4v) is 4.69. The van der Waals surface area contributed by atoms with Gasteiger partial charge in [0, 0.05) is 17.3 Å². The van der Waals surface area contributed by atoms with E-state index in [9.17, 15) is 8.42 Å². The molecule has 0 aromatic heterocycles. The first-order chi connectivity index (χ1) is 9.16. The molecule has 100 valence electrons. The Kier molecular flexibility index (Phi) is 3.27. The van der Waals surface area contributed by atoms with E-state index >= 15 is 0 Å². The van der Waals surface area contributed by atoms with E-state index in [2.05, 4.69) is 15.9 Å². The van der Waals surface area contributed by atoms with Crippen LogP contribution in [0.3, 0.4) is 0 Å². The van der Waals surface area contributed by atoms with E-state index in [-0.39, 0.29) is 0 Å². The largest absolute Gasteiger partial charge is 0.266 e. The Hall–Kier alpha value is -1.07. The molecule has 0 amide bonds. The fraction of sp³-hybridized carbons (Fsp3) is 0.286. The molecular formula is C14H14BrNO2S. The maximum absolute atomic E-state index is 12.6. The number of sulfonamides is 1. The second kappa shape index (κ2) is 4.80. The summed E-state index contributed by atoms with van der Waals surface area (Å²) in [5, 5.41) is 2.75. The minimum atomic E-state index is -3.36. The summed E-state index contributed by atoms with van der Waals surface area (Å²) in [6.45, 7) is 0.543. The summed E-state index contributed by atoms with van der Waals surface area (Å²) < 4.78 is 26.7. The van der Waals surface area contributed by atoms with Gasteiger partial charge < -0.3 is 0 Å². The van der Waals surface area contributed by atoms with Crippen molar-refractivity contribution in [2.45, 2.75) is 17.7 Å². The van der Waals surface area contributed by atoms with Crippen LogP contribution in [-0.2, 0) is 10.0 Å². The number of halogens is 1. The first kappa shape index (κ1) is 12.9. The van der Waals surface area contributed by atoms with Gasteiger partial charge in [-0.2, -0.15) is 0 Å². The molecule has 0 bridgehead atoms. The summed E-state index contributed by atoms with van der Waals surface area (Å²) in [7, 11) is -3.36. The first-order valence-electron chi connectivity index (χ1n) is 6.27. The molecule has 0 atom stereocenters. The van der Waals surface area contributed by atoms with Gasteiger partial charge >= 0.3 is 0 Å². The normalized spacial score (nSPS) is 16.2. The Morgan fingerprint density at radius 2 is 1.79 bits per heavy atom. The predicted molar refractivity (Wildman–Crippen MR) is 81.5 cm³/mol. The molecule has 19 heavy (non-hydrogen) atoms. The Balaban J connectivity index is 2.13. The predicted octanol–water partition coefficient (Wildman–Crippen LogP) is 3.52. The van der Waals surface area contributed by atoms with Gasteiger partial charge in [0.05, 0.1) is 10.6 Å². The fourth-order valence-electron chi connectivity index (χ4n) is 2.55. The van der Waals surface area contributed by atoms with E-state index in [4.69, 9.17) is 0 Å². The number of anilines is 1. The molecule has 0 spiro atoms. The Morgan fingerprint density at radius 3 is 2.53 bits per heavy atom. The lowest BCUT2D eigenvalue weighted by molar-refractivity contribution is 0.592. The van der Waals surface area contributed by atoms with Crippen LogP contribution in [0.4, 0.5) is 5.69 Å². The van der Waals surface area contributed by atoms with Gasteiger partial charge in [-0.1, -0.05) is 40.2 Å². The Morgan fingerprint density at radius 1 is 1.05 bits per heavy atom. The molecule has 3 nitrogen and oxygen atoms in total. The molecule has 2 aromatic carbocycles. The summed E-state index contributed by atoms with van der Waals surface area (Å²) in [4.78, 5) is 0.444. The molecule has 0 fully saturated rings. The standard InChI is InChI=1S/C14H14BrNO2S/c15-9-1-2-10-16-12-7-3-5-11-6-4-8-13(14(11)12)19(16,17)18/h3-8H,1-2,9-10H2. The van der Waals surface area contributed by atoms with Crippen LogP contribution >= 0.6 is 15.9 Å². The minimum absolute atomic E-state index is 0.444. The highest BCUT2D eigenvalue weighted by atomic mass is 79.9. The van der Waals surface area contributed by atoms with Crippen LogP contribution in [0, 0.1) is 0 Å². The van der Waals surface area contributed by atoms with E-state index < -0.39 is 10.0 Å². The van der Waals surface area contributed by atoms with Gasteiger partial charge in [0.2, 0.25) is 0 Å². The quantitative estimate of drug-likeness (QED) is 0.631. The molecular weight excluding hydrogens is 326 g/mol. The summed E-state index contributed by atoms with van der Waals surface area (Å²) in [6.07, 6.45) is 1.83. The van der Waals surface area contributed by atoms with Gasteiger partial charge in [0.1, 0.15) is 0 Å². The molecule has 0 saturated carbocycles. The second-order valence-corrected chi connectivity index (χ2v) is 7.23. The second-order valence-electron chi connectivity index (χ2n) is 4.60. The van der Waals surface area contributed by atoms with Gasteiger partial charge in [-0.25, -0.2) is 8.42 Å². The summed E-state index contributed by atoms with van der Waals surface area (Å²) >= 11 is 3.38. The number of hydrogen-bond donors (Lipinski definition) is 0. The maximum atomic E-state index is 12.6. The Labute approximate surface area is 121 Å². The highest BCUT2D eigenvalue weighted by Crippen LogP contribution is 2.41. The zero-order chi connectivity index (χ0) is 13.5. The molecule has 0 aliphatic carbocycles. The van der Waals surface area contributed by atoms with Crippen molar-refractivity contribution in [3.63, 3.8) is 0 Å². The van der Waals surface area contributed by atoms with Crippen molar-refractivity contribution in [2.24, 2.45) is 0 Å². The van der Waals surface area contributed by atoms with Gasteiger partial charge in [-0.3, -0.25) is 4.31 Å². The van der Waals surface area contributed by atoms with Crippen LogP contribution in [0.1, 0.15) is 12.8 Å². The molecule has 0 unspecified atom stereocenters. The monoisotopic (exact) mass is 339 g/mol. The number of hydrogen-bond acceptors (Lipinski definition) is 2. The van der Waals surface area contributed by atoms with Gasteiger partial charge in [0.25, 0.3) is 10.0 Å². The number of rotatable bonds is 4. The molecule has 3 rings (SSSR count). The summed E-state index contributed by atoms with van der Waals surface area (Å²) in [5.74, 6) is 0. The van der Waals surface area contributed by atoms with Crippen LogP contribution in [0.15, 0.2) is 41.3 Å². The number of unbranched alkanes of at least 4 members (excludes halogenated alkanes) is 1. The van der Waals surface area contributed by atoms with Crippen LogP contribution in [0.25, 0.3) is 10.8 Å². The minimum Gasteiger partial charge on any atom is -0.266 e. The first-order valence-corrected chi connectivity index (χ1v) is 8.83. The van der Waals surface area contributed by atoms with Crippen molar-refractivity contribution in [2.75, 3.05) is 16.2 Å². The van der Waals surface area contributed by atoms with Crippen molar-refractivity contribution < 1.29 is 8.42 Å².